The molecular weight excluding hydrogens is 248 g/mol. The zero-order chi connectivity index (χ0) is 14.3. The van der Waals surface area contributed by atoms with E-state index in [4.69, 9.17) is 9.47 Å². The summed E-state index contributed by atoms with van der Waals surface area (Å²) in [7, 11) is 1.35. The smallest absolute Gasteiger partial charge is 0.325 e. The Bertz CT molecular complexity index is 307. The van der Waals surface area contributed by atoms with Crippen molar-refractivity contribution < 1.29 is 19.1 Å². The number of hydrogen-bond acceptors (Lipinski definition) is 5. The molecule has 1 fully saturated rings. The zero-order valence-electron chi connectivity index (χ0n) is 12.0. The van der Waals surface area contributed by atoms with Crippen molar-refractivity contribution in [3.63, 3.8) is 0 Å². The number of hydrogen-bond donors (Lipinski definition) is 1. The molecule has 1 saturated heterocycles. The second-order valence-electron chi connectivity index (χ2n) is 5.12. The number of amides is 1. The van der Waals surface area contributed by atoms with E-state index in [9.17, 15) is 9.59 Å². The summed E-state index contributed by atoms with van der Waals surface area (Å²) in [5.41, 5.74) is 0. The Morgan fingerprint density at radius 2 is 2.21 bits per heavy atom. The maximum Gasteiger partial charge on any atom is 0.325 e. The fourth-order valence-electron chi connectivity index (χ4n) is 1.92. The van der Waals surface area contributed by atoms with Gasteiger partial charge in [0.05, 0.1) is 26.9 Å². The number of carbonyl (C=O) groups excluding carboxylic acids is 2. The quantitative estimate of drug-likeness (QED) is 0.691. The molecule has 6 nitrogen and oxygen atoms in total. The highest BCUT2D eigenvalue weighted by Crippen LogP contribution is 2.08. The number of carbonyl (C=O) groups is 2. The third-order valence-corrected chi connectivity index (χ3v) is 3.10. The van der Waals surface area contributed by atoms with Crippen LogP contribution in [0, 0.1) is 5.92 Å². The van der Waals surface area contributed by atoms with Gasteiger partial charge in [-0.05, 0) is 12.3 Å². The molecule has 0 aromatic rings. The largest absolute Gasteiger partial charge is 0.468 e. The fourth-order valence-corrected chi connectivity index (χ4v) is 1.92. The number of rotatable bonds is 6. The van der Waals surface area contributed by atoms with Crippen LogP contribution >= 0.6 is 0 Å². The van der Waals surface area contributed by atoms with Crippen molar-refractivity contribution in [1.29, 1.82) is 0 Å². The second-order valence-corrected chi connectivity index (χ2v) is 5.12. The Balaban J connectivity index is 2.39. The predicted octanol–water partition coefficient (Wildman–Crippen LogP) is 0.0225. The van der Waals surface area contributed by atoms with E-state index in [2.05, 4.69) is 19.2 Å². The second kappa shape index (κ2) is 8.12. The highest BCUT2D eigenvalue weighted by atomic mass is 16.5. The number of nitrogens with zero attached hydrogens (tertiary/aromatic N) is 1. The van der Waals surface area contributed by atoms with Gasteiger partial charge in [0.15, 0.2) is 0 Å². The molecule has 1 N–H and O–H groups in total. The van der Waals surface area contributed by atoms with Gasteiger partial charge in [-0.3, -0.25) is 14.5 Å². The van der Waals surface area contributed by atoms with Crippen molar-refractivity contribution in [2.45, 2.75) is 26.3 Å². The Kier molecular flexibility index (Phi) is 6.80. The summed E-state index contributed by atoms with van der Waals surface area (Å²) >= 11 is 0. The van der Waals surface area contributed by atoms with Gasteiger partial charge in [0.2, 0.25) is 5.91 Å². The molecule has 1 heterocycles. The molecule has 0 aliphatic carbocycles. The average Bonchev–Trinajstić information content (AvgIpc) is 2.38. The van der Waals surface area contributed by atoms with Gasteiger partial charge in [-0.1, -0.05) is 13.8 Å². The van der Waals surface area contributed by atoms with E-state index in [0.29, 0.717) is 25.6 Å². The number of esters is 1. The lowest BCUT2D eigenvalue weighted by Crippen LogP contribution is -2.53. The van der Waals surface area contributed by atoms with Crippen molar-refractivity contribution in [3.8, 4) is 0 Å². The van der Waals surface area contributed by atoms with E-state index in [1.807, 2.05) is 0 Å². The van der Waals surface area contributed by atoms with Crippen LogP contribution in [0.3, 0.4) is 0 Å². The van der Waals surface area contributed by atoms with Crippen LogP contribution in [0.2, 0.25) is 0 Å². The maximum absolute atomic E-state index is 11.8. The average molecular weight is 272 g/mol. The van der Waals surface area contributed by atoms with Gasteiger partial charge >= 0.3 is 5.97 Å². The van der Waals surface area contributed by atoms with Crippen molar-refractivity contribution in [3.05, 3.63) is 0 Å². The predicted molar refractivity (Wildman–Crippen MR) is 70.7 cm³/mol. The SMILES string of the molecule is COC(=O)C1COCCN1CC(=O)NCCC(C)C. The van der Waals surface area contributed by atoms with Crippen LogP contribution < -0.4 is 5.32 Å². The molecule has 1 aliphatic heterocycles. The summed E-state index contributed by atoms with van der Waals surface area (Å²) in [5, 5.41) is 2.87. The van der Waals surface area contributed by atoms with Gasteiger partial charge in [-0.25, -0.2) is 0 Å². The Morgan fingerprint density at radius 1 is 1.47 bits per heavy atom. The Morgan fingerprint density at radius 3 is 2.84 bits per heavy atom. The molecule has 1 amide bonds. The summed E-state index contributed by atoms with van der Waals surface area (Å²) in [5.74, 6) is 0.151. The van der Waals surface area contributed by atoms with Crippen LogP contribution in [0.1, 0.15) is 20.3 Å². The van der Waals surface area contributed by atoms with Crippen LogP contribution in [0.4, 0.5) is 0 Å². The van der Waals surface area contributed by atoms with E-state index in [1.54, 1.807) is 4.90 Å². The zero-order valence-corrected chi connectivity index (χ0v) is 12.0. The number of ether oxygens (including phenoxy) is 2. The minimum atomic E-state index is -0.477. The first-order valence-electron chi connectivity index (χ1n) is 6.71. The highest BCUT2D eigenvalue weighted by molar-refractivity contribution is 5.80. The number of methoxy groups -OCH3 is 1. The maximum atomic E-state index is 11.8. The molecule has 0 spiro atoms. The van der Waals surface area contributed by atoms with Crippen LogP contribution in [-0.4, -0.2) is 62.8 Å². The van der Waals surface area contributed by atoms with Crippen molar-refractivity contribution in [2.24, 2.45) is 5.92 Å². The summed E-state index contributed by atoms with van der Waals surface area (Å²) in [4.78, 5) is 25.2. The molecule has 0 bridgehead atoms. The minimum Gasteiger partial charge on any atom is -0.468 e. The topological polar surface area (TPSA) is 67.9 Å². The van der Waals surface area contributed by atoms with Gasteiger partial charge in [0.1, 0.15) is 6.04 Å². The van der Waals surface area contributed by atoms with Gasteiger partial charge in [0.25, 0.3) is 0 Å². The third kappa shape index (κ3) is 5.57. The molecule has 1 unspecified atom stereocenters. The molecule has 110 valence electrons. The van der Waals surface area contributed by atoms with E-state index in [0.717, 1.165) is 6.42 Å². The Labute approximate surface area is 114 Å². The molecule has 0 saturated carbocycles. The van der Waals surface area contributed by atoms with Crippen LogP contribution in [0.15, 0.2) is 0 Å². The summed E-state index contributed by atoms with van der Waals surface area (Å²) in [6.07, 6.45) is 0.954. The molecule has 19 heavy (non-hydrogen) atoms. The van der Waals surface area contributed by atoms with Crippen molar-refractivity contribution >= 4 is 11.9 Å². The van der Waals surface area contributed by atoms with Crippen LogP contribution in [-0.2, 0) is 19.1 Å². The first-order valence-corrected chi connectivity index (χ1v) is 6.71. The monoisotopic (exact) mass is 272 g/mol. The molecule has 0 aromatic heterocycles. The lowest BCUT2D eigenvalue weighted by Gasteiger charge is -2.32. The third-order valence-electron chi connectivity index (χ3n) is 3.10. The summed E-state index contributed by atoms with van der Waals surface area (Å²) in [6, 6.07) is -0.477. The number of nitrogens with one attached hydrogen (secondary N) is 1. The lowest BCUT2D eigenvalue weighted by molar-refractivity contribution is -0.154. The van der Waals surface area contributed by atoms with Crippen LogP contribution in [0.25, 0.3) is 0 Å². The van der Waals surface area contributed by atoms with Gasteiger partial charge < -0.3 is 14.8 Å². The van der Waals surface area contributed by atoms with Crippen LogP contribution in [0.5, 0.6) is 0 Å². The molecule has 1 aliphatic rings. The standard InChI is InChI=1S/C13H24N2O4/c1-10(2)4-5-14-12(16)8-15-6-7-19-9-11(15)13(17)18-3/h10-11H,4-9H2,1-3H3,(H,14,16). The van der Waals surface area contributed by atoms with Crippen molar-refractivity contribution in [2.75, 3.05) is 40.0 Å². The van der Waals surface area contributed by atoms with E-state index >= 15 is 0 Å². The first-order chi connectivity index (χ1) is 9.04. The van der Waals surface area contributed by atoms with Crippen molar-refractivity contribution in [1.82, 2.24) is 10.2 Å². The normalized spacial score (nSPS) is 20.3. The summed E-state index contributed by atoms with van der Waals surface area (Å²) in [6.45, 7) is 6.49. The molecular formula is C13H24N2O4. The lowest BCUT2D eigenvalue weighted by atomic mass is 10.1. The Hall–Kier alpha value is -1.14. The molecule has 6 heteroatoms. The molecule has 0 radical (unpaired) electrons. The van der Waals surface area contributed by atoms with E-state index in [1.165, 1.54) is 7.11 Å². The summed E-state index contributed by atoms with van der Waals surface area (Å²) < 4.78 is 9.98. The molecule has 1 rings (SSSR count). The molecule has 1 atom stereocenters. The highest BCUT2D eigenvalue weighted by Gasteiger charge is 2.31. The van der Waals surface area contributed by atoms with E-state index < -0.39 is 6.04 Å². The van der Waals surface area contributed by atoms with Gasteiger partial charge in [0, 0.05) is 13.1 Å². The fraction of sp³-hybridized carbons (Fsp3) is 0.846. The van der Waals surface area contributed by atoms with E-state index in [-0.39, 0.29) is 25.0 Å². The first kappa shape index (κ1) is 15.9. The molecule has 0 aromatic carbocycles. The minimum absolute atomic E-state index is 0.0588. The number of morpholine rings is 1. The van der Waals surface area contributed by atoms with Gasteiger partial charge in [-0.15, -0.1) is 0 Å². The van der Waals surface area contributed by atoms with Gasteiger partial charge in [-0.2, -0.15) is 0 Å².